The monoisotopic (exact) mass is 446 g/mol. The van der Waals surface area contributed by atoms with Gasteiger partial charge >= 0.3 is 0 Å². The van der Waals surface area contributed by atoms with Crippen molar-refractivity contribution in [3.63, 3.8) is 0 Å². The molecular weight excluding hydrogens is 424 g/mol. The van der Waals surface area contributed by atoms with Crippen LogP contribution in [0.5, 0.6) is 0 Å². The van der Waals surface area contributed by atoms with Crippen LogP contribution in [0.3, 0.4) is 0 Å². The number of nitriles is 1. The van der Waals surface area contributed by atoms with Gasteiger partial charge in [0.05, 0.1) is 18.8 Å². The Morgan fingerprint density at radius 3 is 2.94 bits per heavy atom. The van der Waals surface area contributed by atoms with Crippen LogP contribution in [0, 0.1) is 22.7 Å². The molecule has 1 aliphatic carbocycles. The van der Waals surface area contributed by atoms with Crippen LogP contribution < -0.4 is 10.2 Å². The lowest BCUT2D eigenvalue weighted by molar-refractivity contribution is -0.123. The predicted molar refractivity (Wildman–Crippen MR) is 120 cm³/mol. The lowest BCUT2D eigenvalue weighted by Crippen LogP contribution is -2.35. The molecule has 3 aromatic heterocycles. The minimum atomic E-state index is -0.906. The second-order valence-electron chi connectivity index (χ2n) is 8.31. The smallest absolute Gasteiger partial charge is 0.270 e. The normalized spacial score (nSPS) is 20.4. The van der Waals surface area contributed by atoms with Gasteiger partial charge in [-0.3, -0.25) is 19.3 Å². The van der Waals surface area contributed by atoms with Gasteiger partial charge in [0.1, 0.15) is 11.1 Å². The number of amides is 2. The zero-order chi connectivity index (χ0) is 22.3. The van der Waals surface area contributed by atoms with E-state index < -0.39 is 5.41 Å². The number of hydrogen-bond acceptors (Lipinski definition) is 6. The predicted octanol–water partition coefficient (Wildman–Crippen LogP) is 3.13. The van der Waals surface area contributed by atoms with Crippen LogP contribution in [0.2, 0.25) is 0 Å². The van der Waals surface area contributed by atoms with Gasteiger partial charge in [-0.25, -0.2) is 0 Å². The Bertz CT molecular complexity index is 1240. The van der Waals surface area contributed by atoms with Crippen molar-refractivity contribution in [1.82, 2.24) is 20.1 Å². The molecule has 0 spiro atoms. The lowest BCUT2D eigenvalue weighted by atomic mass is 9.83. The highest BCUT2D eigenvalue weighted by Gasteiger charge is 2.56. The van der Waals surface area contributed by atoms with Gasteiger partial charge in [0, 0.05) is 47.0 Å². The van der Waals surface area contributed by atoms with Gasteiger partial charge in [0.15, 0.2) is 0 Å². The molecule has 1 saturated heterocycles. The van der Waals surface area contributed by atoms with Crippen LogP contribution in [0.4, 0.5) is 5.69 Å². The molecule has 2 aliphatic rings. The summed E-state index contributed by atoms with van der Waals surface area (Å²) in [7, 11) is 1.88. The fraction of sp³-hybridized carbons (Fsp3) is 0.348. The van der Waals surface area contributed by atoms with E-state index in [0.29, 0.717) is 25.2 Å². The molecule has 3 aromatic rings. The summed E-state index contributed by atoms with van der Waals surface area (Å²) in [5.74, 6) is -0.290. The average Bonchev–Trinajstić information content (AvgIpc) is 3.24. The number of anilines is 1. The summed E-state index contributed by atoms with van der Waals surface area (Å²) < 4.78 is 1.76. The Balaban J connectivity index is 1.26. The highest BCUT2D eigenvalue weighted by Crippen LogP contribution is 2.51. The standard InChI is InChI=1S/C23H22N6O2S/c1-28-13-15(11-27-28)20-5-4-18(32-20)12-26-21(30)19-10-17(6-8-25-19)29-9-7-23(14-24,22(29)31)16-2-3-16/h4-6,8,10-11,13,16H,2-3,7,9,12H2,1H3,(H,26,30)/t23-/m1/s1. The number of nitrogens with one attached hydrogen (secondary N) is 1. The fourth-order valence-corrected chi connectivity index (χ4v) is 5.20. The Kier molecular flexibility index (Phi) is 5.02. The van der Waals surface area contributed by atoms with Crippen LogP contribution in [0.15, 0.2) is 42.9 Å². The van der Waals surface area contributed by atoms with E-state index in [-0.39, 0.29) is 23.4 Å². The van der Waals surface area contributed by atoms with Crippen molar-refractivity contribution in [3.8, 4) is 16.5 Å². The minimum Gasteiger partial charge on any atom is -0.346 e. The summed E-state index contributed by atoms with van der Waals surface area (Å²) in [5, 5.41) is 16.8. The van der Waals surface area contributed by atoms with Crippen LogP contribution in [-0.4, -0.2) is 33.1 Å². The average molecular weight is 447 g/mol. The van der Waals surface area contributed by atoms with Gasteiger partial charge < -0.3 is 10.2 Å². The SMILES string of the molecule is Cn1cc(-c2ccc(CNC(=O)c3cc(N4CC[C@@](C#N)(C5CC5)C4=O)ccn3)s2)cn1. The van der Waals surface area contributed by atoms with Crippen LogP contribution in [-0.2, 0) is 18.4 Å². The third-order valence-corrected chi connectivity index (χ3v) is 7.33. The molecule has 32 heavy (non-hydrogen) atoms. The first kappa shape index (κ1) is 20.4. The van der Waals surface area contributed by atoms with E-state index in [9.17, 15) is 14.9 Å². The topological polar surface area (TPSA) is 104 Å². The van der Waals surface area contributed by atoms with E-state index in [2.05, 4.69) is 21.5 Å². The van der Waals surface area contributed by atoms with E-state index in [4.69, 9.17) is 0 Å². The van der Waals surface area contributed by atoms with E-state index in [1.165, 1.54) is 6.20 Å². The van der Waals surface area contributed by atoms with Crippen LogP contribution >= 0.6 is 11.3 Å². The zero-order valence-electron chi connectivity index (χ0n) is 17.6. The van der Waals surface area contributed by atoms with Crippen molar-refractivity contribution in [1.29, 1.82) is 5.26 Å². The summed E-state index contributed by atoms with van der Waals surface area (Å²) in [5.41, 5.74) is 0.999. The molecule has 1 atom stereocenters. The van der Waals surface area contributed by atoms with Gasteiger partial charge in [0.2, 0.25) is 5.91 Å². The van der Waals surface area contributed by atoms with Crippen LogP contribution in [0.1, 0.15) is 34.6 Å². The maximum absolute atomic E-state index is 13.0. The van der Waals surface area contributed by atoms with Crippen molar-refractivity contribution in [2.24, 2.45) is 18.4 Å². The molecule has 0 radical (unpaired) electrons. The molecule has 1 saturated carbocycles. The number of nitrogens with zero attached hydrogens (tertiary/aromatic N) is 5. The molecule has 5 rings (SSSR count). The number of aromatic nitrogens is 3. The Hall–Kier alpha value is -3.51. The molecule has 1 aliphatic heterocycles. The van der Waals surface area contributed by atoms with Gasteiger partial charge in [-0.05, 0) is 49.4 Å². The molecule has 4 heterocycles. The fourth-order valence-electron chi connectivity index (χ4n) is 4.28. The van der Waals surface area contributed by atoms with E-state index in [1.54, 1.807) is 33.1 Å². The molecule has 0 aromatic carbocycles. The first-order chi connectivity index (χ1) is 15.5. The lowest BCUT2D eigenvalue weighted by Gasteiger charge is -2.21. The Morgan fingerprint density at radius 2 is 2.22 bits per heavy atom. The number of carbonyl (C=O) groups is 2. The summed E-state index contributed by atoms with van der Waals surface area (Å²) in [4.78, 5) is 33.7. The highest BCUT2D eigenvalue weighted by atomic mass is 32.1. The molecule has 162 valence electrons. The number of pyridine rings is 1. The van der Waals surface area contributed by atoms with Crippen molar-refractivity contribution >= 4 is 28.8 Å². The van der Waals surface area contributed by atoms with E-state index in [1.807, 2.05) is 31.6 Å². The highest BCUT2D eigenvalue weighted by molar-refractivity contribution is 7.15. The Labute approximate surface area is 189 Å². The second-order valence-corrected chi connectivity index (χ2v) is 9.48. The quantitative estimate of drug-likeness (QED) is 0.626. The summed E-state index contributed by atoms with van der Waals surface area (Å²) >= 11 is 1.60. The summed E-state index contributed by atoms with van der Waals surface area (Å²) in [6, 6.07) is 9.64. The zero-order valence-corrected chi connectivity index (χ0v) is 18.4. The third-order valence-electron chi connectivity index (χ3n) is 6.19. The first-order valence-corrected chi connectivity index (χ1v) is 11.4. The summed E-state index contributed by atoms with van der Waals surface area (Å²) in [6.07, 6.45) is 7.70. The molecule has 2 amide bonds. The molecule has 9 heteroatoms. The molecule has 1 N–H and O–H groups in total. The van der Waals surface area contributed by atoms with Crippen molar-refractivity contribution < 1.29 is 9.59 Å². The number of carbonyl (C=O) groups excluding carboxylic acids is 2. The molecule has 0 bridgehead atoms. The summed E-state index contributed by atoms with van der Waals surface area (Å²) in [6.45, 7) is 0.873. The number of thiophene rings is 1. The largest absolute Gasteiger partial charge is 0.346 e. The third kappa shape index (κ3) is 3.56. The second kappa shape index (κ2) is 7.88. The number of rotatable bonds is 6. The molecular formula is C23H22N6O2S. The van der Waals surface area contributed by atoms with Gasteiger partial charge in [-0.1, -0.05) is 0 Å². The van der Waals surface area contributed by atoms with E-state index >= 15 is 0 Å². The number of aryl methyl sites for hydroxylation is 1. The molecule has 8 nitrogen and oxygen atoms in total. The van der Waals surface area contributed by atoms with Crippen molar-refractivity contribution in [2.45, 2.75) is 25.8 Å². The van der Waals surface area contributed by atoms with Crippen molar-refractivity contribution in [2.75, 3.05) is 11.4 Å². The molecule has 0 unspecified atom stereocenters. The Morgan fingerprint density at radius 1 is 1.38 bits per heavy atom. The number of hydrogen-bond donors (Lipinski definition) is 1. The van der Waals surface area contributed by atoms with Crippen LogP contribution in [0.25, 0.3) is 10.4 Å². The maximum Gasteiger partial charge on any atom is 0.270 e. The van der Waals surface area contributed by atoms with Gasteiger partial charge in [-0.15, -0.1) is 11.3 Å². The van der Waals surface area contributed by atoms with E-state index in [0.717, 1.165) is 28.2 Å². The van der Waals surface area contributed by atoms with Gasteiger partial charge in [-0.2, -0.15) is 10.4 Å². The van der Waals surface area contributed by atoms with Gasteiger partial charge in [0.25, 0.3) is 5.91 Å². The molecule has 2 fully saturated rings. The van der Waals surface area contributed by atoms with Crippen molar-refractivity contribution in [3.05, 3.63) is 53.4 Å². The maximum atomic E-state index is 13.0. The first-order valence-electron chi connectivity index (χ1n) is 10.6. The minimum absolute atomic E-state index is 0.151.